The normalized spacial score (nSPS) is 21.3. The minimum Gasteiger partial charge on any atom is -0.397 e. The highest BCUT2D eigenvalue weighted by atomic mass is 79.9. The third kappa shape index (κ3) is 1.71. The molecule has 78 valence electrons. The zero-order valence-electron chi connectivity index (χ0n) is 8.51. The summed E-state index contributed by atoms with van der Waals surface area (Å²) in [5, 5.41) is 0. The van der Waals surface area contributed by atoms with Crippen LogP contribution >= 0.6 is 27.3 Å². The lowest BCUT2D eigenvalue weighted by Gasteiger charge is -2.28. The summed E-state index contributed by atoms with van der Waals surface area (Å²) in [6.07, 6.45) is 3.52. The van der Waals surface area contributed by atoms with Crippen LogP contribution in [-0.2, 0) is 12.8 Å². The van der Waals surface area contributed by atoms with Crippen molar-refractivity contribution in [3.8, 4) is 0 Å². The average Bonchev–Trinajstić information content (AvgIpc) is 2.42. The molecule has 0 amide bonds. The minimum absolute atomic E-state index is 0.687. The van der Waals surface area contributed by atoms with Gasteiger partial charge in [-0.3, -0.25) is 0 Å². The molecule has 1 aromatic rings. The fourth-order valence-corrected chi connectivity index (χ4v) is 3.89. The molecule has 0 fully saturated rings. The van der Waals surface area contributed by atoms with Gasteiger partial charge in [0.25, 0.3) is 0 Å². The molecule has 0 bridgehead atoms. The molecule has 2 N–H and O–H groups in total. The summed E-state index contributed by atoms with van der Waals surface area (Å²) in [7, 11) is 4.31. The fraction of sp³-hybridized carbons (Fsp3) is 0.600. The Labute approximate surface area is 97.2 Å². The van der Waals surface area contributed by atoms with Gasteiger partial charge in [-0.15, -0.1) is 11.3 Å². The highest BCUT2D eigenvalue weighted by Gasteiger charge is 2.24. The van der Waals surface area contributed by atoms with E-state index in [0.717, 1.165) is 22.3 Å². The molecule has 2 nitrogen and oxygen atoms in total. The molecule has 0 radical (unpaired) electrons. The summed E-state index contributed by atoms with van der Waals surface area (Å²) >= 11 is 5.32. The monoisotopic (exact) mass is 274 g/mol. The second-order valence-corrected chi connectivity index (χ2v) is 6.47. The summed E-state index contributed by atoms with van der Waals surface area (Å²) in [5.74, 6) is 0. The van der Waals surface area contributed by atoms with E-state index in [9.17, 15) is 0 Å². The highest BCUT2D eigenvalue weighted by Crippen LogP contribution is 2.40. The van der Waals surface area contributed by atoms with Gasteiger partial charge in [0.05, 0.1) is 9.47 Å². The minimum atomic E-state index is 0.687. The standard InChI is InChI=1S/C10H15BrN2S/c1-13(2)6-3-4-7-8(5-6)14-10(11)9(7)12/h6H,3-5,12H2,1-2H3. The first kappa shape index (κ1) is 10.5. The maximum atomic E-state index is 5.99. The SMILES string of the molecule is CN(C)C1CCc2c(sc(Br)c2N)C1. The first-order chi connectivity index (χ1) is 6.59. The van der Waals surface area contributed by atoms with Gasteiger partial charge >= 0.3 is 0 Å². The van der Waals surface area contributed by atoms with E-state index in [0.29, 0.717) is 6.04 Å². The van der Waals surface area contributed by atoms with Gasteiger partial charge in [0, 0.05) is 10.9 Å². The second kappa shape index (κ2) is 3.83. The number of thiophene rings is 1. The number of halogens is 1. The van der Waals surface area contributed by atoms with Gasteiger partial charge in [-0.2, -0.15) is 0 Å². The van der Waals surface area contributed by atoms with Gasteiger partial charge in [0.1, 0.15) is 0 Å². The Morgan fingerprint density at radius 2 is 2.21 bits per heavy atom. The number of likely N-dealkylation sites (N-methyl/N-ethyl adjacent to an activating group) is 1. The van der Waals surface area contributed by atoms with E-state index in [4.69, 9.17) is 5.73 Å². The predicted octanol–water partition coefficient (Wildman–Crippen LogP) is 2.51. The van der Waals surface area contributed by atoms with Gasteiger partial charge in [0.15, 0.2) is 0 Å². The number of anilines is 1. The van der Waals surface area contributed by atoms with Gasteiger partial charge < -0.3 is 10.6 Å². The number of nitrogens with zero attached hydrogens (tertiary/aromatic N) is 1. The number of hydrogen-bond donors (Lipinski definition) is 1. The summed E-state index contributed by atoms with van der Waals surface area (Å²) in [6.45, 7) is 0. The quantitative estimate of drug-likeness (QED) is 0.853. The molecule has 1 unspecified atom stereocenters. The van der Waals surface area contributed by atoms with E-state index in [1.54, 1.807) is 11.3 Å². The van der Waals surface area contributed by atoms with Crippen molar-refractivity contribution in [3.63, 3.8) is 0 Å². The number of fused-ring (bicyclic) bond motifs is 1. The lowest BCUT2D eigenvalue weighted by molar-refractivity contribution is 0.270. The molecule has 0 saturated carbocycles. The Hall–Kier alpha value is -0.0600. The van der Waals surface area contributed by atoms with E-state index in [2.05, 4.69) is 34.9 Å². The Balaban J connectivity index is 2.27. The molecule has 1 aliphatic carbocycles. The van der Waals surface area contributed by atoms with Crippen molar-refractivity contribution in [3.05, 3.63) is 14.2 Å². The topological polar surface area (TPSA) is 29.3 Å². The third-order valence-electron chi connectivity index (χ3n) is 2.97. The lowest BCUT2D eigenvalue weighted by Crippen LogP contribution is -2.32. The summed E-state index contributed by atoms with van der Waals surface area (Å²) in [5.41, 5.74) is 8.36. The Kier molecular flexibility index (Phi) is 2.86. The Morgan fingerprint density at radius 1 is 1.50 bits per heavy atom. The van der Waals surface area contributed by atoms with Gasteiger partial charge in [-0.25, -0.2) is 0 Å². The van der Waals surface area contributed by atoms with E-state index >= 15 is 0 Å². The van der Waals surface area contributed by atoms with Crippen LogP contribution in [0, 0.1) is 0 Å². The summed E-state index contributed by atoms with van der Waals surface area (Å²) in [4.78, 5) is 3.78. The molecule has 1 atom stereocenters. The van der Waals surface area contributed by atoms with Crippen molar-refractivity contribution >= 4 is 33.0 Å². The molecule has 0 saturated heterocycles. The van der Waals surface area contributed by atoms with Crippen LogP contribution in [0.1, 0.15) is 16.9 Å². The number of nitrogen functional groups attached to an aromatic ring is 1. The van der Waals surface area contributed by atoms with Crippen molar-refractivity contribution in [2.75, 3.05) is 19.8 Å². The molecule has 2 rings (SSSR count). The van der Waals surface area contributed by atoms with Crippen molar-refractivity contribution < 1.29 is 0 Å². The van der Waals surface area contributed by atoms with Crippen LogP contribution in [0.25, 0.3) is 0 Å². The molecule has 14 heavy (non-hydrogen) atoms. The maximum absolute atomic E-state index is 5.99. The molecular weight excluding hydrogens is 260 g/mol. The molecule has 0 aromatic carbocycles. The molecule has 1 heterocycles. The van der Waals surface area contributed by atoms with E-state index in [1.165, 1.54) is 16.9 Å². The van der Waals surface area contributed by atoms with Crippen LogP contribution < -0.4 is 5.73 Å². The van der Waals surface area contributed by atoms with Crippen LogP contribution in [0.15, 0.2) is 3.79 Å². The van der Waals surface area contributed by atoms with Crippen molar-refractivity contribution in [1.82, 2.24) is 4.90 Å². The van der Waals surface area contributed by atoms with E-state index < -0.39 is 0 Å². The van der Waals surface area contributed by atoms with Crippen LogP contribution in [0.3, 0.4) is 0 Å². The van der Waals surface area contributed by atoms with Crippen LogP contribution in [0.4, 0.5) is 5.69 Å². The largest absolute Gasteiger partial charge is 0.397 e. The Morgan fingerprint density at radius 3 is 2.86 bits per heavy atom. The van der Waals surface area contributed by atoms with Crippen molar-refractivity contribution in [1.29, 1.82) is 0 Å². The maximum Gasteiger partial charge on any atom is 0.0933 e. The number of rotatable bonds is 1. The van der Waals surface area contributed by atoms with Crippen LogP contribution in [0.2, 0.25) is 0 Å². The third-order valence-corrected chi connectivity index (χ3v) is 4.94. The first-order valence-corrected chi connectivity index (χ1v) is 6.42. The predicted molar refractivity (Wildman–Crippen MR) is 65.9 cm³/mol. The van der Waals surface area contributed by atoms with Crippen molar-refractivity contribution in [2.45, 2.75) is 25.3 Å². The number of hydrogen-bond acceptors (Lipinski definition) is 3. The summed E-state index contributed by atoms with van der Waals surface area (Å²) in [6, 6.07) is 0.687. The second-order valence-electron chi connectivity index (χ2n) is 4.05. The highest BCUT2D eigenvalue weighted by molar-refractivity contribution is 9.11. The zero-order valence-corrected chi connectivity index (χ0v) is 10.9. The molecule has 1 aliphatic rings. The first-order valence-electron chi connectivity index (χ1n) is 4.81. The summed E-state index contributed by atoms with van der Waals surface area (Å²) < 4.78 is 1.11. The average molecular weight is 275 g/mol. The zero-order chi connectivity index (χ0) is 10.3. The smallest absolute Gasteiger partial charge is 0.0933 e. The fourth-order valence-electron chi connectivity index (χ4n) is 2.00. The molecule has 4 heteroatoms. The van der Waals surface area contributed by atoms with Crippen LogP contribution in [-0.4, -0.2) is 25.0 Å². The van der Waals surface area contributed by atoms with E-state index in [1.807, 2.05) is 0 Å². The lowest BCUT2D eigenvalue weighted by atomic mass is 9.93. The molecule has 1 aromatic heterocycles. The van der Waals surface area contributed by atoms with Crippen molar-refractivity contribution in [2.24, 2.45) is 0 Å². The number of nitrogens with two attached hydrogens (primary N) is 1. The van der Waals surface area contributed by atoms with Gasteiger partial charge in [0.2, 0.25) is 0 Å². The molecular formula is C10H15BrN2S. The molecule has 0 spiro atoms. The van der Waals surface area contributed by atoms with Crippen LogP contribution in [0.5, 0.6) is 0 Å². The molecule has 0 aliphatic heterocycles. The Bertz CT molecular complexity index is 346. The van der Waals surface area contributed by atoms with Gasteiger partial charge in [-0.1, -0.05) is 0 Å². The van der Waals surface area contributed by atoms with E-state index in [-0.39, 0.29) is 0 Å². The van der Waals surface area contributed by atoms with Gasteiger partial charge in [-0.05, 0) is 54.9 Å².